The molecular formula is C19H18O6. The Morgan fingerprint density at radius 3 is 2.64 bits per heavy atom. The van der Waals surface area contributed by atoms with Crippen LogP contribution in [0.2, 0.25) is 0 Å². The van der Waals surface area contributed by atoms with Gasteiger partial charge in [-0.25, -0.2) is 9.59 Å². The first-order chi connectivity index (χ1) is 12.0. The van der Waals surface area contributed by atoms with Gasteiger partial charge in [-0.3, -0.25) is 0 Å². The Bertz CT molecular complexity index is 835. The molecule has 1 saturated heterocycles. The molecule has 1 fully saturated rings. The van der Waals surface area contributed by atoms with Crippen LogP contribution >= 0.6 is 0 Å². The van der Waals surface area contributed by atoms with Gasteiger partial charge in [0, 0.05) is 23.1 Å². The standard InChI is InChI=1S/C19H18O6/c1-9-4-5-14(22-3)16-11(9)7-12-13(19(21)25-17(12)16)8-23-15-6-10(2)18(20)24-15/h4-6,8,12,15,17H,7H2,1-3H3/t12-,15-,17+/m1/s1. The van der Waals surface area contributed by atoms with Crippen LogP contribution in [0.5, 0.6) is 5.75 Å². The van der Waals surface area contributed by atoms with Gasteiger partial charge in [0.05, 0.1) is 18.9 Å². The van der Waals surface area contributed by atoms with Crippen molar-refractivity contribution >= 4 is 11.9 Å². The van der Waals surface area contributed by atoms with E-state index in [1.807, 2.05) is 19.1 Å². The molecule has 130 valence electrons. The summed E-state index contributed by atoms with van der Waals surface area (Å²) in [7, 11) is 1.61. The van der Waals surface area contributed by atoms with Crippen molar-refractivity contribution in [1.82, 2.24) is 0 Å². The molecule has 1 aromatic rings. The van der Waals surface area contributed by atoms with Crippen molar-refractivity contribution in [1.29, 1.82) is 0 Å². The highest BCUT2D eigenvalue weighted by molar-refractivity contribution is 5.92. The number of carbonyl (C=O) groups excluding carboxylic acids is 2. The van der Waals surface area contributed by atoms with Crippen LogP contribution in [0.15, 0.2) is 35.6 Å². The monoisotopic (exact) mass is 342 g/mol. The highest BCUT2D eigenvalue weighted by atomic mass is 16.7. The maximum absolute atomic E-state index is 12.3. The van der Waals surface area contributed by atoms with Gasteiger partial charge < -0.3 is 18.9 Å². The molecule has 0 amide bonds. The van der Waals surface area contributed by atoms with Gasteiger partial charge in [-0.05, 0) is 37.5 Å². The number of carbonyl (C=O) groups is 2. The number of methoxy groups -OCH3 is 1. The van der Waals surface area contributed by atoms with E-state index in [1.54, 1.807) is 20.1 Å². The van der Waals surface area contributed by atoms with Crippen molar-refractivity contribution in [2.24, 2.45) is 5.92 Å². The zero-order chi connectivity index (χ0) is 17.7. The Kier molecular flexibility index (Phi) is 3.56. The Morgan fingerprint density at radius 1 is 1.16 bits per heavy atom. The van der Waals surface area contributed by atoms with Crippen molar-refractivity contribution in [3.63, 3.8) is 0 Å². The van der Waals surface area contributed by atoms with E-state index in [2.05, 4.69) is 0 Å². The molecule has 0 spiro atoms. The quantitative estimate of drug-likeness (QED) is 0.477. The SMILES string of the molecule is COc1ccc(C)c2c1[C@H]1OC(=O)C(=CO[C@H]3C=C(C)C(=O)O3)[C@H]1C2. The number of benzene rings is 1. The van der Waals surface area contributed by atoms with E-state index in [4.69, 9.17) is 18.9 Å². The minimum Gasteiger partial charge on any atom is -0.496 e. The number of hydrogen-bond donors (Lipinski definition) is 0. The maximum atomic E-state index is 12.3. The van der Waals surface area contributed by atoms with E-state index in [0.29, 0.717) is 17.6 Å². The van der Waals surface area contributed by atoms with Gasteiger partial charge in [-0.2, -0.15) is 0 Å². The molecule has 6 nitrogen and oxygen atoms in total. The average Bonchev–Trinajstić information content (AvgIpc) is 3.19. The zero-order valence-electron chi connectivity index (χ0n) is 14.2. The highest BCUT2D eigenvalue weighted by Crippen LogP contribution is 2.51. The molecule has 6 heteroatoms. The lowest BCUT2D eigenvalue weighted by molar-refractivity contribution is -0.152. The summed E-state index contributed by atoms with van der Waals surface area (Å²) in [4.78, 5) is 23.7. The summed E-state index contributed by atoms with van der Waals surface area (Å²) in [6.07, 6.45) is 2.47. The van der Waals surface area contributed by atoms with Gasteiger partial charge in [-0.1, -0.05) is 6.07 Å². The molecule has 0 aromatic heterocycles. The molecular weight excluding hydrogens is 324 g/mol. The van der Waals surface area contributed by atoms with Gasteiger partial charge in [0.2, 0.25) is 0 Å². The van der Waals surface area contributed by atoms with E-state index >= 15 is 0 Å². The van der Waals surface area contributed by atoms with Crippen molar-refractivity contribution in [2.75, 3.05) is 7.11 Å². The van der Waals surface area contributed by atoms with Crippen LogP contribution in [0.1, 0.15) is 29.7 Å². The molecule has 2 heterocycles. The summed E-state index contributed by atoms with van der Waals surface area (Å²) in [5.74, 6) is -0.218. The fourth-order valence-corrected chi connectivity index (χ4v) is 3.64. The minimum atomic E-state index is -0.799. The molecule has 0 unspecified atom stereocenters. The third-order valence-corrected chi connectivity index (χ3v) is 4.97. The van der Waals surface area contributed by atoms with Gasteiger partial charge >= 0.3 is 11.9 Å². The van der Waals surface area contributed by atoms with Crippen LogP contribution in [0.4, 0.5) is 0 Å². The van der Waals surface area contributed by atoms with Gasteiger partial charge in [0.25, 0.3) is 6.29 Å². The van der Waals surface area contributed by atoms with E-state index < -0.39 is 18.2 Å². The van der Waals surface area contributed by atoms with Crippen molar-refractivity contribution in [3.05, 3.63) is 52.3 Å². The first-order valence-electron chi connectivity index (χ1n) is 8.12. The van der Waals surface area contributed by atoms with Crippen LogP contribution in [0.3, 0.4) is 0 Å². The van der Waals surface area contributed by atoms with Crippen molar-refractivity contribution in [3.8, 4) is 5.75 Å². The third kappa shape index (κ3) is 2.40. The summed E-state index contributed by atoms with van der Waals surface area (Å²) in [5.41, 5.74) is 4.17. The fourth-order valence-electron chi connectivity index (χ4n) is 3.64. The van der Waals surface area contributed by atoms with Crippen LogP contribution in [0, 0.1) is 12.8 Å². The molecule has 4 rings (SSSR count). The molecule has 3 atom stereocenters. The zero-order valence-corrected chi connectivity index (χ0v) is 14.2. The summed E-state index contributed by atoms with van der Waals surface area (Å²) < 4.78 is 21.5. The molecule has 3 aliphatic rings. The first-order valence-corrected chi connectivity index (χ1v) is 8.12. The molecule has 0 radical (unpaired) electrons. The molecule has 0 N–H and O–H groups in total. The average molecular weight is 342 g/mol. The minimum absolute atomic E-state index is 0.125. The molecule has 1 aliphatic carbocycles. The number of cyclic esters (lactones) is 1. The van der Waals surface area contributed by atoms with Gasteiger partial charge in [0.15, 0.2) is 0 Å². The van der Waals surface area contributed by atoms with Crippen LogP contribution in [0.25, 0.3) is 0 Å². The summed E-state index contributed by atoms with van der Waals surface area (Å²) >= 11 is 0. The van der Waals surface area contributed by atoms with Crippen LogP contribution in [-0.4, -0.2) is 25.3 Å². The Balaban J connectivity index is 1.61. The Hall–Kier alpha value is -2.76. The predicted octanol–water partition coefficient (Wildman–Crippen LogP) is 2.50. The summed E-state index contributed by atoms with van der Waals surface area (Å²) in [6, 6.07) is 3.90. The largest absolute Gasteiger partial charge is 0.496 e. The molecule has 2 aliphatic heterocycles. The lowest BCUT2D eigenvalue weighted by atomic mass is 9.97. The Morgan fingerprint density at radius 2 is 1.96 bits per heavy atom. The normalized spacial score (nSPS) is 28.4. The van der Waals surface area contributed by atoms with Crippen molar-refractivity contribution < 1.29 is 28.5 Å². The van der Waals surface area contributed by atoms with E-state index in [0.717, 1.165) is 22.4 Å². The van der Waals surface area contributed by atoms with E-state index in [1.165, 1.54) is 6.26 Å². The molecule has 1 aromatic carbocycles. The molecule has 0 saturated carbocycles. The van der Waals surface area contributed by atoms with E-state index in [-0.39, 0.29) is 12.0 Å². The first kappa shape index (κ1) is 15.7. The third-order valence-electron chi connectivity index (χ3n) is 4.97. The number of fused-ring (bicyclic) bond motifs is 3. The van der Waals surface area contributed by atoms with Gasteiger partial charge in [0.1, 0.15) is 11.9 Å². The number of aryl methyl sites for hydroxylation is 1. The predicted molar refractivity (Wildman–Crippen MR) is 86.6 cm³/mol. The van der Waals surface area contributed by atoms with Gasteiger partial charge in [-0.15, -0.1) is 0 Å². The maximum Gasteiger partial charge on any atom is 0.338 e. The van der Waals surface area contributed by atoms with Crippen molar-refractivity contribution in [2.45, 2.75) is 32.7 Å². The summed E-state index contributed by atoms with van der Waals surface area (Å²) in [5, 5.41) is 0. The number of ether oxygens (including phenoxy) is 4. The summed E-state index contributed by atoms with van der Waals surface area (Å²) in [6.45, 7) is 3.69. The van der Waals surface area contributed by atoms with Crippen LogP contribution in [-0.2, 0) is 30.2 Å². The number of esters is 2. The van der Waals surface area contributed by atoms with Crippen LogP contribution < -0.4 is 4.74 Å². The lowest BCUT2D eigenvalue weighted by Crippen LogP contribution is -2.12. The Labute approximate surface area is 145 Å². The fraction of sp³-hybridized carbons (Fsp3) is 0.368. The molecule has 0 bridgehead atoms. The second-order valence-electron chi connectivity index (χ2n) is 6.45. The highest BCUT2D eigenvalue weighted by Gasteiger charge is 2.48. The molecule has 25 heavy (non-hydrogen) atoms. The van der Waals surface area contributed by atoms with E-state index in [9.17, 15) is 9.59 Å². The second kappa shape index (κ2) is 5.65. The number of rotatable bonds is 3. The number of hydrogen-bond acceptors (Lipinski definition) is 6. The second-order valence-corrected chi connectivity index (χ2v) is 6.45. The topological polar surface area (TPSA) is 71.1 Å². The smallest absolute Gasteiger partial charge is 0.338 e. The lowest BCUT2D eigenvalue weighted by Gasteiger charge is -2.13.